The minimum atomic E-state index is -1.57. The molecule has 370 valence electrons. The summed E-state index contributed by atoms with van der Waals surface area (Å²) in [5, 5.41) is 54.2. The van der Waals surface area contributed by atoms with Crippen LogP contribution in [0.25, 0.3) is 0 Å². The average Bonchev–Trinajstić information content (AvgIpc) is 3.28. The van der Waals surface area contributed by atoms with Crippen LogP contribution >= 0.6 is 0 Å². The fourth-order valence-electron chi connectivity index (χ4n) is 8.40. The highest BCUT2D eigenvalue weighted by Gasteiger charge is 2.44. The molecule has 63 heavy (non-hydrogen) atoms. The zero-order valence-electron chi connectivity index (χ0n) is 40.8. The molecule has 7 atom stereocenters. The molecule has 6 N–H and O–H groups in total. The topological polar surface area (TPSA) is 149 Å². The van der Waals surface area contributed by atoms with Gasteiger partial charge in [0.25, 0.3) is 0 Å². The van der Waals surface area contributed by atoms with Crippen LogP contribution in [0.3, 0.4) is 0 Å². The summed E-state index contributed by atoms with van der Waals surface area (Å²) in [6.45, 7) is 3.74. The fourth-order valence-corrected chi connectivity index (χ4v) is 8.40. The van der Waals surface area contributed by atoms with E-state index in [9.17, 15) is 30.3 Å². The van der Waals surface area contributed by atoms with E-state index in [2.05, 4.69) is 43.5 Å². The molecule has 0 aliphatic carbocycles. The van der Waals surface area contributed by atoms with Gasteiger partial charge in [0, 0.05) is 6.42 Å². The van der Waals surface area contributed by atoms with Gasteiger partial charge in [-0.15, -0.1) is 0 Å². The van der Waals surface area contributed by atoms with E-state index in [0.717, 1.165) is 38.5 Å². The van der Waals surface area contributed by atoms with Crippen LogP contribution in [0.1, 0.15) is 245 Å². The Morgan fingerprint density at radius 2 is 0.905 bits per heavy atom. The Bertz CT molecular complexity index is 1080. The highest BCUT2D eigenvalue weighted by Crippen LogP contribution is 2.23. The van der Waals surface area contributed by atoms with E-state index >= 15 is 0 Å². The molecule has 1 rings (SSSR count). The molecule has 0 bridgehead atoms. The molecule has 9 nitrogen and oxygen atoms in total. The van der Waals surface area contributed by atoms with Gasteiger partial charge >= 0.3 is 0 Å². The van der Waals surface area contributed by atoms with Crippen LogP contribution in [-0.4, -0.2) is 87.5 Å². The van der Waals surface area contributed by atoms with Gasteiger partial charge < -0.3 is 40.3 Å². The summed E-state index contributed by atoms with van der Waals surface area (Å²) in [5.74, 6) is -0.187. The predicted molar refractivity (Wildman–Crippen MR) is 263 cm³/mol. The minimum absolute atomic E-state index is 0.187. The van der Waals surface area contributed by atoms with Crippen LogP contribution in [0.2, 0.25) is 0 Å². The summed E-state index contributed by atoms with van der Waals surface area (Å²) in [6.07, 6.45) is 49.4. The first-order valence-corrected chi connectivity index (χ1v) is 26.7. The summed E-state index contributed by atoms with van der Waals surface area (Å²) in [7, 11) is 0. The Morgan fingerprint density at radius 1 is 0.524 bits per heavy atom. The normalized spacial score (nSPS) is 20.4. The first-order valence-electron chi connectivity index (χ1n) is 26.7. The largest absolute Gasteiger partial charge is 0.394 e. The molecule has 0 spiro atoms. The number of amides is 1. The van der Waals surface area contributed by atoms with Crippen molar-refractivity contribution in [1.29, 1.82) is 0 Å². The second kappa shape index (κ2) is 44.3. The lowest BCUT2D eigenvalue weighted by molar-refractivity contribution is -0.302. The van der Waals surface area contributed by atoms with E-state index in [1.165, 1.54) is 186 Å². The summed E-state index contributed by atoms with van der Waals surface area (Å²) < 4.78 is 11.2. The lowest BCUT2D eigenvalue weighted by Gasteiger charge is -2.40. The summed E-state index contributed by atoms with van der Waals surface area (Å²) in [6, 6.07) is -0.819. The third-order valence-electron chi connectivity index (χ3n) is 12.7. The number of aliphatic hydroxyl groups excluding tert-OH is 5. The lowest BCUT2D eigenvalue weighted by atomic mass is 9.99. The van der Waals surface area contributed by atoms with Crippen LogP contribution in [0.5, 0.6) is 0 Å². The molecule has 1 amide bonds. The molecule has 1 heterocycles. The van der Waals surface area contributed by atoms with Gasteiger partial charge in [0.05, 0.1) is 25.4 Å². The van der Waals surface area contributed by atoms with Gasteiger partial charge in [-0.1, -0.05) is 217 Å². The number of nitrogens with one attached hydrogen (secondary N) is 1. The maximum Gasteiger partial charge on any atom is 0.220 e. The molecule has 1 fully saturated rings. The molecule has 0 aromatic heterocycles. The zero-order valence-corrected chi connectivity index (χ0v) is 40.8. The molecular weight excluding hydrogens is 791 g/mol. The third kappa shape index (κ3) is 34.4. The third-order valence-corrected chi connectivity index (χ3v) is 12.7. The van der Waals surface area contributed by atoms with Crippen LogP contribution in [0, 0.1) is 0 Å². The van der Waals surface area contributed by atoms with Gasteiger partial charge in [-0.3, -0.25) is 4.79 Å². The van der Waals surface area contributed by atoms with Gasteiger partial charge in [-0.05, 0) is 57.8 Å². The van der Waals surface area contributed by atoms with Gasteiger partial charge in [0.15, 0.2) is 6.29 Å². The second-order valence-corrected chi connectivity index (χ2v) is 18.7. The SMILES string of the molecule is CCCCCCC/C=C/CC/C=C/C(O)C(COC1OC(CO)C(O)C(O)C1O)NC(=O)CCCCCCCCCCCCCCC/C=C\CCCCCCCCCCCCCC. The van der Waals surface area contributed by atoms with Gasteiger partial charge in [0.2, 0.25) is 5.91 Å². The molecule has 0 aromatic rings. The van der Waals surface area contributed by atoms with Gasteiger partial charge in [0.1, 0.15) is 24.4 Å². The molecular formula is C54H101NO8. The van der Waals surface area contributed by atoms with E-state index in [0.29, 0.717) is 6.42 Å². The lowest BCUT2D eigenvalue weighted by Crippen LogP contribution is -2.60. The van der Waals surface area contributed by atoms with Crippen molar-refractivity contribution in [1.82, 2.24) is 5.32 Å². The van der Waals surface area contributed by atoms with Crippen LogP contribution in [0.4, 0.5) is 0 Å². The maximum absolute atomic E-state index is 13.0. The van der Waals surface area contributed by atoms with Crippen molar-refractivity contribution in [3.8, 4) is 0 Å². The first-order chi connectivity index (χ1) is 30.8. The van der Waals surface area contributed by atoms with Gasteiger partial charge in [-0.25, -0.2) is 0 Å². The number of allylic oxidation sites excluding steroid dienone is 5. The van der Waals surface area contributed by atoms with Crippen LogP contribution in [0.15, 0.2) is 36.5 Å². The molecule has 1 aliphatic heterocycles. The van der Waals surface area contributed by atoms with E-state index in [-0.39, 0.29) is 12.5 Å². The number of carbonyl (C=O) groups is 1. The number of hydrogen-bond acceptors (Lipinski definition) is 8. The van der Waals surface area contributed by atoms with Crippen molar-refractivity contribution in [2.75, 3.05) is 13.2 Å². The van der Waals surface area contributed by atoms with Crippen molar-refractivity contribution < 1.29 is 39.8 Å². The van der Waals surface area contributed by atoms with Crippen molar-refractivity contribution in [3.63, 3.8) is 0 Å². The highest BCUT2D eigenvalue weighted by atomic mass is 16.7. The van der Waals surface area contributed by atoms with Crippen molar-refractivity contribution in [2.45, 2.75) is 288 Å². The number of carbonyl (C=O) groups excluding carboxylic acids is 1. The summed E-state index contributed by atoms with van der Waals surface area (Å²) in [4.78, 5) is 13.0. The number of unbranched alkanes of at least 4 members (excludes halogenated alkanes) is 31. The van der Waals surface area contributed by atoms with Gasteiger partial charge in [-0.2, -0.15) is 0 Å². The van der Waals surface area contributed by atoms with E-state index < -0.39 is 49.5 Å². The quantitative estimate of drug-likeness (QED) is 0.0261. The van der Waals surface area contributed by atoms with Crippen molar-refractivity contribution >= 4 is 5.91 Å². The Morgan fingerprint density at radius 3 is 1.33 bits per heavy atom. The zero-order chi connectivity index (χ0) is 45.9. The first kappa shape index (κ1) is 59.4. The minimum Gasteiger partial charge on any atom is -0.394 e. The standard InChI is InChI=1S/C54H101NO8/c1-3-5-7-9-11-13-15-16-17-18-19-20-21-22-23-24-25-26-27-28-29-30-31-32-34-36-38-40-42-44-50(58)55-47(46-62-54-53(61)52(60)51(59)49(45-56)63-54)48(57)43-41-39-37-35-33-14-12-10-8-6-4-2/h22-23,33,35,41,43,47-49,51-54,56-57,59-61H,3-21,24-32,34,36-40,42,44-46H2,1-2H3,(H,55,58)/b23-22-,35-33+,43-41+. The van der Waals surface area contributed by atoms with E-state index in [4.69, 9.17) is 9.47 Å². The molecule has 1 aliphatic rings. The average molecular weight is 892 g/mol. The Hall–Kier alpha value is -1.59. The van der Waals surface area contributed by atoms with Crippen molar-refractivity contribution in [3.05, 3.63) is 36.5 Å². The number of aliphatic hydroxyl groups is 5. The molecule has 0 radical (unpaired) electrons. The van der Waals surface area contributed by atoms with Crippen molar-refractivity contribution in [2.24, 2.45) is 0 Å². The molecule has 0 saturated carbocycles. The molecule has 1 saturated heterocycles. The Kier molecular flexibility index (Phi) is 41.7. The Labute approximate surface area is 387 Å². The van der Waals surface area contributed by atoms with Crippen LogP contribution in [-0.2, 0) is 14.3 Å². The number of rotatable bonds is 45. The smallest absolute Gasteiger partial charge is 0.220 e. The fraction of sp³-hybridized carbons (Fsp3) is 0.870. The second-order valence-electron chi connectivity index (χ2n) is 18.7. The van der Waals surface area contributed by atoms with E-state index in [1.807, 2.05) is 6.08 Å². The van der Waals surface area contributed by atoms with Crippen LogP contribution < -0.4 is 5.32 Å². The number of ether oxygens (including phenoxy) is 2. The highest BCUT2D eigenvalue weighted by molar-refractivity contribution is 5.76. The monoisotopic (exact) mass is 892 g/mol. The molecule has 9 heteroatoms. The molecule has 0 aromatic carbocycles. The predicted octanol–water partition coefficient (Wildman–Crippen LogP) is 12.4. The summed E-state index contributed by atoms with van der Waals surface area (Å²) in [5.41, 5.74) is 0. The summed E-state index contributed by atoms with van der Waals surface area (Å²) >= 11 is 0. The Balaban J connectivity index is 2.16. The molecule has 7 unspecified atom stereocenters. The van der Waals surface area contributed by atoms with E-state index in [1.54, 1.807) is 6.08 Å². The number of hydrogen-bond donors (Lipinski definition) is 6. The maximum atomic E-state index is 13.0.